The Kier molecular flexibility index (Phi) is 23.2. The van der Waals surface area contributed by atoms with E-state index in [2.05, 4.69) is 4.99 Å². The molecule has 4 nitrogen and oxygen atoms in total. The van der Waals surface area contributed by atoms with Crippen LogP contribution in [-0.4, -0.2) is 19.0 Å². The Hall–Kier alpha value is -0.480. The third-order valence-electron chi connectivity index (χ3n) is 4.16. The molecule has 23 heavy (non-hydrogen) atoms. The Balaban J connectivity index is 0. The average Bonchev–Trinajstić information content (AvgIpc) is 2.50. The normalized spacial score (nSPS) is 10.3. The number of nitrogens with zero attached hydrogens (tertiary/aromatic N) is 1. The summed E-state index contributed by atoms with van der Waals surface area (Å²) in [5, 5.41) is 0. The van der Waals surface area contributed by atoms with Gasteiger partial charge in [0.05, 0.1) is 0 Å². The zero-order valence-electron chi connectivity index (χ0n) is 15.1. The summed E-state index contributed by atoms with van der Waals surface area (Å²) < 4.78 is 0. The molecule has 0 aliphatic rings. The zero-order chi connectivity index (χ0) is 16.3. The van der Waals surface area contributed by atoms with Gasteiger partial charge in [0, 0.05) is 6.54 Å². The second kappa shape index (κ2) is 21.5. The summed E-state index contributed by atoms with van der Waals surface area (Å²) in [5.74, 6) is 0.218. The lowest BCUT2D eigenvalue weighted by Crippen LogP contribution is -2.22. The maximum atomic E-state index is 5.49. The van der Waals surface area contributed by atoms with Crippen LogP contribution >= 0.6 is 12.4 Å². The molecule has 0 saturated heterocycles. The van der Waals surface area contributed by atoms with E-state index in [-0.39, 0.29) is 18.4 Å². The molecule has 0 aliphatic heterocycles. The van der Waals surface area contributed by atoms with Gasteiger partial charge in [-0.3, -0.25) is 4.99 Å². The molecule has 0 saturated carbocycles. The number of hydrogen-bond donors (Lipinski definition) is 3. The lowest BCUT2D eigenvalue weighted by Gasteiger charge is -2.03. The molecule has 5 heteroatoms. The van der Waals surface area contributed by atoms with Gasteiger partial charge in [0.25, 0.3) is 0 Å². The molecule has 0 aliphatic carbocycles. The lowest BCUT2D eigenvalue weighted by molar-refractivity contribution is 0.531. The van der Waals surface area contributed by atoms with E-state index in [1.807, 2.05) is 0 Å². The highest BCUT2D eigenvalue weighted by atomic mass is 35.5. The minimum absolute atomic E-state index is 0. The van der Waals surface area contributed by atoms with E-state index in [1.165, 1.54) is 89.9 Å². The smallest absolute Gasteiger partial charge is 0.185 e. The molecule has 0 fully saturated rings. The molecule has 0 aromatic heterocycles. The van der Waals surface area contributed by atoms with Crippen LogP contribution in [-0.2, 0) is 0 Å². The van der Waals surface area contributed by atoms with Crippen LogP contribution in [0.1, 0.15) is 96.3 Å². The molecule has 0 amide bonds. The quantitative estimate of drug-likeness (QED) is 0.205. The van der Waals surface area contributed by atoms with Crippen LogP contribution < -0.4 is 17.2 Å². The molecule has 0 aromatic rings. The summed E-state index contributed by atoms with van der Waals surface area (Å²) >= 11 is 0. The van der Waals surface area contributed by atoms with E-state index in [9.17, 15) is 0 Å². The molecule has 140 valence electrons. The molecule has 0 radical (unpaired) electrons. The Morgan fingerprint density at radius 3 is 1.13 bits per heavy atom. The Labute approximate surface area is 150 Å². The fourth-order valence-electron chi connectivity index (χ4n) is 2.76. The number of unbranched alkanes of at least 4 members (excludes halogenated alkanes) is 14. The predicted octanol–water partition coefficient (Wildman–Crippen LogP) is 4.49. The fourth-order valence-corrected chi connectivity index (χ4v) is 2.76. The third-order valence-corrected chi connectivity index (χ3v) is 4.16. The SMILES string of the molecule is Cl.NCCCCCCCCCCCCCCCCCN=C(N)N. The van der Waals surface area contributed by atoms with Gasteiger partial charge in [-0.1, -0.05) is 83.5 Å². The van der Waals surface area contributed by atoms with Crippen LogP contribution in [0.25, 0.3) is 0 Å². The Bertz CT molecular complexity index is 243. The second-order valence-electron chi connectivity index (χ2n) is 6.40. The van der Waals surface area contributed by atoms with Crippen molar-refractivity contribution in [3.05, 3.63) is 0 Å². The predicted molar refractivity (Wildman–Crippen MR) is 106 cm³/mol. The lowest BCUT2D eigenvalue weighted by atomic mass is 10.0. The van der Waals surface area contributed by atoms with Crippen molar-refractivity contribution in [3.8, 4) is 0 Å². The summed E-state index contributed by atoms with van der Waals surface area (Å²) in [5.41, 5.74) is 16.0. The van der Waals surface area contributed by atoms with Gasteiger partial charge in [0.2, 0.25) is 0 Å². The van der Waals surface area contributed by atoms with Crippen LogP contribution in [0.2, 0.25) is 0 Å². The summed E-state index contributed by atoms with van der Waals surface area (Å²) in [4.78, 5) is 3.99. The molecule has 0 atom stereocenters. The average molecular weight is 349 g/mol. The molecule has 0 bridgehead atoms. The number of guanidine groups is 1. The minimum atomic E-state index is 0. The molecular formula is C18H41ClN4. The molecule has 0 heterocycles. The zero-order valence-corrected chi connectivity index (χ0v) is 15.9. The van der Waals surface area contributed by atoms with Crippen LogP contribution in [0.15, 0.2) is 4.99 Å². The number of rotatable bonds is 17. The highest BCUT2D eigenvalue weighted by molar-refractivity contribution is 5.85. The van der Waals surface area contributed by atoms with Crippen molar-refractivity contribution in [2.75, 3.05) is 13.1 Å². The van der Waals surface area contributed by atoms with E-state index in [4.69, 9.17) is 17.2 Å². The Morgan fingerprint density at radius 2 is 0.826 bits per heavy atom. The molecule has 0 spiro atoms. The van der Waals surface area contributed by atoms with Gasteiger partial charge < -0.3 is 17.2 Å². The summed E-state index contributed by atoms with van der Waals surface area (Å²) in [6, 6.07) is 0. The summed E-state index contributed by atoms with van der Waals surface area (Å²) in [7, 11) is 0. The molecule has 6 N–H and O–H groups in total. The first-order valence-corrected chi connectivity index (χ1v) is 9.53. The van der Waals surface area contributed by atoms with Crippen molar-refractivity contribution in [3.63, 3.8) is 0 Å². The largest absolute Gasteiger partial charge is 0.370 e. The first kappa shape index (κ1) is 24.8. The first-order valence-electron chi connectivity index (χ1n) is 9.53. The van der Waals surface area contributed by atoms with Crippen LogP contribution in [0.4, 0.5) is 0 Å². The Morgan fingerprint density at radius 1 is 0.522 bits per heavy atom. The van der Waals surface area contributed by atoms with Crippen LogP contribution in [0, 0.1) is 0 Å². The van der Waals surface area contributed by atoms with E-state index >= 15 is 0 Å². The fraction of sp³-hybridized carbons (Fsp3) is 0.944. The van der Waals surface area contributed by atoms with Crippen molar-refractivity contribution in [2.24, 2.45) is 22.2 Å². The topological polar surface area (TPSA) is 90.4 Å². The molecular weight excluding hydrogens is 308 g/mol. The van der Waals surface area contributed by atoms with Crippen LogP contribution in [0.5, 0.6) is 0 Å². The summed E-state index contributed by atoms with van der Waals surface area (Å²) in [6.07, 6.45) is 20.3. The number of nitrogens with two attached hydrogens (primary N) is 3. The van der Waals surface area contributed by atoms with Gasteiger partial charge in [0.15, 0.2) is 5.96 Å². The van der Waals surface area contributed by atoms with Gasteiger partial charge in [-0.05, 0) is 19.4 Å². The number of aliphatic imine (C=N–C) groups is 1. The van der Waals surface area contributed by atoms with Gasteiger partial charge in [-0.15, -0.1) is 12.4 Å². The monoisotopic (exact) mass is 348 g/mol. The molecule has 0 rings (SSSR count). The van der Waals surface area contributed by atoms with Gasteiger partial charge in [-0.2, -0.15) is 0 Å². The minimum Gasteiger partial charge on any atom is -0.370 e. The standard InChI is InChI=1S/C18H40N4.ClH/c19-16-14-12-10-8-6-4-2-1-3-5-7-9-11-13-15-17-22-18(20)21;/h1-17,19H2,(H4,20,21,22);1H. The van der Waals surface area contributed by atoms with Crippen molar-refractivity contribution in [1.29, 1.82) is 0 Å². The second-order valence-corrected chi connectivity index (χ2v) is 6.40. The maximum Gasteiger partial charge on any atom is 0.185 e. The van der Waals surface area contributed by atoms with E-state index in [0.717, 1.165) is 19.5 Å². The van der Waals surface area contributed by atoms with Gasteiger partial charge in [-0.25, -0.2) is 0 Å². The highest BCUT2D eigenvalue weighted by Gasteiger charge is 1.94. The van der Waals surface area contributed by atoms with E-state index in [0.29, 0.717) is 0 Å². The van der Waals surface area contributed by atoms with Crippen molar-refractivity contribution < 1.29 is 0 Å². The van der Waals surface area contributed by atoms with Crippen molar-refractivity contribution in [2.45, 2.75) is 96.3 Å². The molecule has 0 aromatic carbocycles. The van der Waals surface area contributed by atoms with Crippen molar-refractivity contribution >= 4 is 18.4 Å². The third kappa shape index (κ3) is 23.9. The van der Waals surface area contributed by atoms with E-state index < -0.39 is 0 Å². The van der Waals surface area contributed by atoms with Crippen LogP contribution in [0.3, 0.4) is 0 Å². The molecule has 0 unspecified atom stereocenters. The van der Waals surface area contributed by atoms with Gasteiger partial charge in [0.1, 0.15) is 0 Å². The number of hydrogen-bond acceptors (Lipinski definition) is 2. The van der Waals surface area contributed by atoms with Gasteiger partial charge >= 0.3 is 0 Å². The maximum absolute atomic E-state index is 5.49. The number of halogens is 1. The van der Waals surface area contributed by atoms with Crippen molar-refractivity contribution in [1.82, 2.24) is 0 Å². The highest BCUT2D eigenvalue weighted by Crippen LogP contribution is 2.13. The summed E-state index contributed by atoms with van der Waals surface area (Å²) in [6.45, 7) is 1.64. The first-order chi connectivity index (χ1) is 10.8. The van der Waals surface area contributed by atoms with E-state index in [1.54, 1.807) is 0 Å².